The van der Waals surface area contributed by atoms with Crippen LogP contribution in [0, 0.1) is 10.8 Å². The number of carbonyl (C=O) groups excluding carboxylic acids is 15. The fraction of sp³-hybridized carbons (Fsp3) is 0.549. The van der Waals surface area contributed by atoms with E-state index >= 15 is 0 Å². The third kappa shape index (κ3) is 37.6. The lowest BCUT2D eigenvalue weighted by Crippen LogP contribution is -2.62. The Morgan fingerprint density at radius 1 is 0.500 bits per heavy atom. The normalized spacial score (nSPS) is 16.5. The molecule has 3 aromatic rings. The number of rotatable bonds is 57. The largest absolute Gasteiger partial charge is 0.508 e. The van der Waals surface area contributed by atoms with Crippen molar-refractivity contribution in [1.82, 2.24) is 84.2 Å². The molecule has 2 heterocycles. The van der Waals surface area contributed by atoms with E-state index in [0.29, 0.717) is 22.4 Å². The highest BCUT2D eigenvalue weighted by atomic mass is 32.2. The van der Waals surface area contributed by atoms with Crippen molar-refractivity contribution in [3.63, 3.8) is 0 Å². The van der Waals surface area contributed by atoms with Crippen molar-refractivity contribution in [2.45, 2.75) is 226 Å². The molecule has 0 aromatic heterocycles. The lowest BCUT2D eigenvalue weighted by Gasteiger charge is -2.32. The third-order valence-electron chi connectivity index (χ3n) is 21.2. The van der Waals surface area contributed by atoms with Crippen LogP contribution in [0.3, 0.4) is 0 Å². The van der Waals surface area contributed by atoms with Gasteiger partial charge in [-0.05, 0) is 156 Å². The molecule has 2 fully saturated rings. The average molecular weight is 1890 g/mol. The number of aliphatic hydroxyl groups excluding tert-OH is 2. The minimum absolute atomic E-state index is 0.0116. The van der Waals surface area contributed by atoms with Crippen LogP contribution in [-0.2, 0) is 101 Å². The number of aliphatic carboxylic acids is 2. The lowest BCUT2D eigenvalue weighted by atomic mass is 10.0. The Labute approximate surface area is 769 Å². The number of unbranched alkanes of at least 4 members (excludes halogenated alkanes) is 1. The predicted octanol–water partition coefficient (Wildman–Crippen LogP) is -5.84. The molecule has 5 rings (SSSR count). The zero-order valence-electron chi connectivity index (χ0n) is 73.2. The van der Waals surface area contributed by atoms with E-state index in [-0.39, 0.29) is 141 Å². The van der Waals surface area contributed by atoms with E-state index in [0.717, 1.165) is 23.6 Å². The summed E-state index contributed by atoms with van der Waals surface area (Å²) in [5.41, 5.74) is 32.9. The number of aliphatic hydroxyl groups is 2. The van der Waals surface area contributed by atoms with E-state index in [4.69, 9.17) is 39.3 Å². The molecule has 0 saturated carbocycles. The first kappa shape index (κ1) is 109. The van der Waals surface area contributed by atoms with E-state index < -0.39 is 241 Å². The summed E-state index contributed by atoms with van der Waals surface area (Å²) in [6, 6.07) is -2.44. The van der Waals surface area contributed by atoms with Crippen molar-refractivity contribution >= 4 is 137 Å². The first-order valence-electron chi connectivity index (χ1n) is 42.6. The van der Waals surface area contributed by atoms with Gasteiger partial charge >= 0.3 is 11.9 Å². The van der Waals surface area contributed by atoms with Gasteiger partial charge in [0.05, 0.1) is 31.2 Å². The smallest absolute Gasteiger partial charge is 0.326 e. The summed E-state index contributed by atoms with van der Waals surface area (Å²) in [4.78, 5) is 241. The van der Waals surface area contributed by atoms with E-state index in [1.165, 1.54) is 48.2 Å². The number of primary amides is 1. The first-order valence-corrected chi connectivity index (χ1v) is 44.6. The number of benzene rings is 3. The number of phenols is 2. The number of thioether (sulfide) groups is 1. The molecule has 16 atom stereocenters. The fourth-order valence-electron chi connectivity index (χ4n) is 14.2. The number of likely N-dealkylation sites (tertiary alicyclic amines) is 2. The van der Waals surface area contributed by atoms with Crippen molar-refractivity contribution in [2.24, 2.45) is 28.0 Å². The Kier molecular flexibility index (Phi) is 46.6. The molecule has 3 aromatic carbocycles. The van der Waals surface area contributed by atoms with Gasteiger partial charge in [-0.25, -0.2) is 4.79 Å². The highest BCUT2D eigenvalue weighted by molar-refractivity contribution is 7.98. The maximum absolute atomic E-state index is 14.9. The van der Waals surface area contributed by atoms with Gasteiger partial charge in [0.1, 0.15) is 90.0 Å². The van der Waals surface area contributed by atoms with Gasteiger partial charge in [-0.2, -0.15) is 24.4 Å². The van der Waals surface area contributed by atoms with Crippen molar-refractivity contribution < 1.29 is 112 Å². The summed E-state index contributed by atoms with van der Waals surface area (Å²) < 4.78 is 0. The number of hydrogen-bond donors (Lipinski definition) is 27. The number of nitrogens with one attached hydrogen (secondary N) is 16. The Bertz CT molecular complexity index is 4540. The number of nitrogens with two attached hydrogens (primary N) is 4. The van der Waals surface area contributed by atoms with Crippen LogP contribution in [0.15, 0.2) is 84.0 Å². The Balaban J connectivity index is 1.30. The van der Waals surface area contributed by atoms with Crippen LogP contribution in [0.2, 0.25) is 0 Å². The molecule has 2 saturated heterocycles. The molecule has 0 bridgehead atoms. The molecule has 30 N–H and O–H groups in total. The van der Waals surface area contributed by atoms with Crippen molar-refractivity contribution in [2.75, 3.05) is 57.0 Å². The number of nitrogens with zero attached hydrogens (tertiary/aromatic N) is 5. The van der Waals surface area contributed by atoms with E-state index in [9.17, 15) is 112 Å². The Hall–Kier alpha value is -13.3. The number of carboxylic acid groups (broad SMARTS) is 2. The van der Waals surface area contributed by atoms with Gasteiger partial charge in [0.15, 0.2) is 11.9 Å². The number of guanidine groups is 2. The monoisotopic (exact) mass is 1890 g/mol. The number of amides is 15. The van der Waals surface area contributed by atoms with Crippen LogP contribution < -0.4 is 97.4 Å². The summed E-state index contributed by atoms with van der Waals surface area (Å²) in [5, 5.41) is 115. The van der Waals surface area contributed by atoms with Gasteiger partial charge in [-0.1, -0.05) is 66.1 Å². The van der Waals surface area contributed by atoms with Crippen molar-refractivity contribution in [1.29, 1.82) is 10.8 Å². The molecule has 50 heteroatoms. The second kappa shape index (κ2) is 56.3. The second-order valence-electron chi connectivity index (χ2n) is 31.5. The maximum atomic E-state index is 14.9. The number of aromatic hydroxyl groups is 2. The van der Waals surface area contributed by atoms with Crippen LogP contribution in [0.5, 0.6) is 11.5 Å². The Morgan fingerprint density at radius 2 is 0.947 bits per heavy atom. The third-order valence-corrected chi connectivity index (χ3v) is 22.2. The zero-order valence-corrected chi connectivity index (χ0v) is 74.9. The quantitative estimate of drug-likeness (QED) is 0.00476. The van der Waals surface area contributed by atoms with Gasteiger partial charge in [0.2, 0.25) is 88.6 Å². The molecule has 0 aliphatic carbocycles. The van der Waals surface area contributed by atoms with Gasteiger partial charge in [-0.3, -0.25) is 87.5 Å². The average Bonchev–Trinajstić information content (AvgIpc) is 1.60. The van der Waals surface area contributed by atoms with Crippen LogP contribution in [-0.4, -0.2) is 307 Å². The van der Waals surface area contributed by atoms with Crippen molar-refractivity contribution in [3.8, 4) is 11.5 Å². The molecule has 15 amide bonds. The van der Waals surface area contributed by atoms with Crippen LogP contribution in [0.25, 0.3) is 10.4 Å². The molecular formula is C82H121N25O23S2. The molecular weight excluding hydrogens is 1770 g/mol. The zero-order chi connectivity index (χ0) is 97.8. The highest BCUT2D eigenvalue weighted by Crippen LogP contribution is 2.24. The molecule has 132 heavy (non-hydrogen) atoms. The predicted molar refractivity (Wildman–Crippen MR) is 480 cm³/mol. The second-order valence-corrected chi connectivity index (χ2v) is 32.9. The van der Waals surface area contributed by atoms with Crippen molar-refractivity contribution in [3.05, 3.63) is 106 Å². The minimum Gasteiger partial charge on any atom is -0.508 e. The topological polar surface area (TPSA) is 787 Å². The minimum atomic E-state index is -1.96. The highest BCUT2D eigenvalue weighted by Gasteiger charge is 2.45. The number of carboxylic acids is 2. The van der Waals surface area contributed by atoms with Crippen LogP contribution >= 0.6 is 24.4 Å². The summed E-state index contributed by atoms with van der Waals surface area (Å²) in [6.45, 7) is 0.939. The van der Waals surface area contributed by atoms with Gasteiger partial charge in [-0.15, -0.1) is 0 Å². The number of thiol groups is 1. The van der Waals surface area contributed by atoms with E-state index in [1.807, 2.05) is 0 Å². The lowest BCUT2D eigenvalue weighted by molar-refractivity contribution is -0.145. The summed E-state index contributed by atoms with van der Waals surface area (Å²) in [5.74, 6) is -19.3. The summed E-state index contributed by atoms with van der Waals surface area (Å²) in [7, 11) is 0. The standard InChI is InChI=1S/C82H121N25O23S2/c1-43(108)65(77(126)101-57(38-45-13-5-4-6-14-45)73(122)99-56(39-47-22-26-49(111)27-23-47)72(121)98-55(80(129)130)28-29-62(84)112)103-76(125)61-19-11-34-106(61)78(127)54(15-7-8-33-93-105-89)97-74(123)59(42-131)102-69(118)51(16-9-31-90-81(85)86)94-63(113)41-92-68(117)58(40-64(114)115)100-75(124)60-18-12-35-107(60)79(128)66(44(2)109)104-71(120)52(17-10-32-91-82(87)88)96-70(119)53(30-36-132-3)95-67(116)50(83)37-46-20-24-48(110)25-21-46/h4-6,13-14,20-27,43-44,50-61,65-66,108-111,131H,7-12,15-19,28-42,83H2,1-3H3,(H2,84,112)(H,92,117)(H,94,113)(H,95,116)(H,96,119)(H,97,123)(H,98,121)(H,99,122)(H,100,124)(H,101,126)(H,102,118)(H,103,125)(H,104,120)(H,114,115)(H,129,130)(H4,85,86,90)(H4,87,88,91)/t43-,44-,50+,51+,52+,53+,54+,55+,56+,57+,58+,59+,60+,61+,65+,66+/m1/s1. The van der Waals surface area contributed by atoms with Gasteiger partial charge < -0.3 is 138 Å². The number of azide groups is 1. The Morgan fingerprint density at radius 3 is 1.45 bits per heavy atom. The maximum Gasteiger partial charge on any atom is 0.326 e. The molecule has 2 aliphatic heterocycles. The van der Waals surface area contributed by atoms with E-state index in [2.05, 4.69) is 97.1 Å². The van der Waals surface area contributed by atoms with E-state index in [1.54, 1.807) is 48.7 Å². The molecule has 0 radical (unpaired) electrons. The fourth-order valence-corrected chi connectivity index (χ4v) is 14.9. The van der Waals surface area contributed by atoms with Crippen LogP contribution in [0.1, 0.15) is 127 Å². The summed E-state index contributed by atoms with van der Waals surface area (Å²) >= 11 is 5.66. The molecule has 2 aliphatic rings. The first-order chi connectivity index (χ1) is 62.6. The number of carbonyl (C=O) groups is 17. The molecule has 0 unspecified atom stereocenters. The molecule has 724 valence electrons. The number of phenolic OH excluding ortho intramolecular Hbond substituents is 2. The number of hydrogen-bond acceptors (Lipinski definition) is 27. The van der Waals surface area contributed by atoms with Crippen LogP contribution in [0.4, 0.5) is 0 Å². The molecule has 48 nitrogen and oxygen atoms in total. The molecule has 0 spiro atoms. The van der Waals surface area contributed by atoms with Gasteiger partial charge in [0, 0.05) is 62.7 Å². The summed E-state index contributed by atoms with van der Waals surface area (Å²) in [6.07, 6.45) is -4.20. The SMILES string of the molecule is CSCC[C@H](NC(=O)[C@@H](N)Cc1ccc(O)cc1)C(=O)N[C@@H](CCCNC(=N)N)C(=O)N[C@H](C(=O)N1CCC[C@H]1C(=O)N[C@@H](CC(=O)O)C(=O)NCC(=O)N[C@@H](CCCNC(=N)N)C(=O)N[C@@H](CS)C(=O)N[C@@H](CCCCN=[N+]=[N-])C(=O)N1CCC[C@H]1C(=O)N[C@H](C(=O)N[C@@H](Cc1ccccc1)C(=O)N[C@@H](Cc1ccc(O)cc1)C(=O)N[C@@H](CCC(N)=O)C(=O)O)[C@@H](C)O)[C@@H](C)O. The van der Waals surface area contributed by atoms with Gasteiger partial charge in [0.25, 0.3) is 0 Å².